The van der Waals surface area contributed by atoms with Crippen LogP contribution < -0.4 is 5.32 Å². The maximum atomic E-state index is 11.8. The molecule has 0 aliphatic heterocycles. The lowest BCUT2D eigenvalue weighted by molar-refractivity contribution is 0.0948. The fraction of sp³-hybridized carbons (Fsp3) is 0.214. The van der Waals surface area contributed by atoms with Gasteiger partial charge >= 0.3 is 0 Å². The lowest BCUT2D eigenvalue weighted by Crippen LogP contribution is -2.27. The van der Waals surface area contributed by atoms with E-state index in [4.69, 9.17) is 0 Å². The summed E-state index contributed by atoms with van der Waals surface area (Å²) in [6, 6.07) is 8.00. The maximum Gasteiger partial charge on any atom is 0.270 e. The zero-order valence-electron chi connectivity index (χ0n) is 11.0. The van der Waals surface area contributed by atoms with Gasteiger partial charge in [0, 0.05) is 18.5 Å². The average Bonchev–Trinajstić information content (AvgIpc) is 3.07. The highest BCUT2D eigenvalue weighted by Crippen LogP contribution is 2.14. The summed E-state index contributed by atoms with van der Waals surface area (Å²) >= 11 is 1.42. The van der Waals surface area contributed by atoms with Crippen LogP contribution in [-0.4, -0.2) is 27.0 Å². The Balaban J connectivity index is 1.68. The van der Waals surface area contributed by atoms with E-state index in [0.717, 1.165) is 16.9 Å². The SMILES string of the molecule is Cc1nc2ccccc2n1CCNC(=O)c1cscn1. The van der Waals surface area contributed by atoms with E-state index in [-0.39, 0.29) is 5.91 Å². The first-order valence-electron chi connectivity index (χ1n) is 6.34. The number of fused-ring (bicyclic) bond motifs is 1. The van der Waals surface area contributed by atoms with Gasteiger partial charge in [-0.25, -0.2) is 9.97 Å². The van der Waals surface area contributed by atoms with Crippen LogP contribution in [0.2, 0.25) is 0 Å². The van der Waals surface area contributed by atoms with Crippen molar-refractivity contribution < 1.29 is 4.79 Å². The van der Waals surface area contributed by atoms with Crippen LogP contribution in [0.15, 0.2) is 35.2 Å². The minimum absolute atomic E-state index is 0.131. The third-order valence-electron chi connectivity index (χ3n) is 3.13. The van der Waals surface area contributed by atoms with Gasteiger partial charge in [-0.3, -0.25) is 4.79 Å². The quantitative estimate of drug-likeness (QED) is 0.800. The second-order valence-electron chi connectivity index (χ2n) is 4.43. The topological polar surface area (TPSA) is 59.8 Å². The van der Waals surface area contributed by atoms with Crippen molar-refractivity contribution >= 4 is 28.3 Å². The number of thiazole rings is 1. The van der Waals surface area contributed by atoms with Gasteiger partial charge in [-0.1, -0.05) is 12.1 Å². The minimum atomic E-state index is -0.131. The van der Waals surface area contributed by atoms with Crippen LogP contribution in [0.1, 0.15) is 16.3 Å². The fourth-order valence-electron chi connectivity index (χ4n) is 2.17. The van der Waals surface area contributed by atoms with Crippen molar-refractivity contribution in [1.29, 1.82) is 0 Å². The molecule has 0 spiro atoms. The number of para-hydroxylation sites is 2. The van der Waals surface area contributed by atoms with Crippen molar-refractivity contribution in [3.05, 3.63) is 46.7 Å². The molecule has 0 aliphatic rings. The molecule has 0 bridgehead atoms. The molecule has 0 atom stereocenters. The largest absolute Gasteiger partial charge is 0.349 e. The Morgan fingerprint density at radius 1 is 1.40 bits per heavy atom. The molecule has 0 fully saturated rings. The molecule has 3 rings (SSSR count). The zero-order valence-corrected chi connectivity index (χ0v) is 11.9. The molecule has 1 amide bonds. The third-order valence-corrected chi connectivity index (χ3v) is 3.72. The molecular formula is C14H14N4OS. The first-order chi connectivity index (χ1) is 9.75. The van der Waals surface area contributed by atoms with Crippen LogP contribution in [0.25, 0.3) is 11.0 Å². The van der Waals surface area contributed by atoms with E-state index >= 15 is 0 Å². The molecule has 2 aromatic heterocycles. The fourth-order valence-corrected chi connectivity index (χ4v) is 2.71. The minimum Gasteiger partial charge on any atom is -0.349 e. The lowest BCUT2D eigenvalue weighted by atomic mass is 10.3. The monoisotopic (exact) mass is 286 g/mol. The molecule has 0 aliphatic carbocycles. The van der Waals surface area contributed by atoms with E-state index in [1.807, 2.05) is 31.2 Å². The normalized spacial score (nSPS) is 10.8. The Morgan fingerprint density at radius 2 is 2.25 bits per heavy atom. The molecule has 0 unspecified atom stereocenters. The number of aryl methyl sites for hydroxylation is 1. The Morgan fingerprint density at radius 3 is 3.05 bits per heavy atom. The molecule has 1 aromatic carbocycles. The van der Waals surface area contributed by atoms with E-state index in [0.29, 0.717) is 18.8 Å². The van der Waals surface area contributed by atoms with Gasteiger partial charge in [-0.2, -0.15) is 0 Å². The number of hydrogen-bond acceptors (Lipinski definition) is 4. The summed E-state index contributed by atoms with van der Waals surface area (Å²) in [4.78, 5) is 20.3. The van der Waals surface area contributed by atoms with Gasteiger partial charge in [-0.15, -0.1) is 11.3 Å². The number of benzene rings is 1. The van der Waals surface area contributed by atoms with Crippen LogP contribution in [0, 0.1) is 6.92 Å². The molecule has 5 nitrogen and oxygen atoms in total. The Kier molecular flexibility index (Phi) is 3.47. The highest BCUT2D eigenvalue weighted by atomic mass is 32.1. The molecule has 1 N–H and O–H groups in total. The van der Waals surface area contributed by atoms with Crippen LogP contribution in [0.5, 0.6) is 0 Å². The van der Waals surface area contributed by atoms with Crippen molar-refractivity contribution in [2.24, 2.45) is 0 Å². The standard InChI is InChI=1S/C14H14N4OS/c1-10-17-11-4-2-3-5-13(11)18(10)7-6-15-14(19)12-8-20-9-16-12/h2-5,8-9H,6-7H2,1H3,(H,15,19). The van der Waals surface area contributed by atoms with Crippen LogP contribution in [0.3, 0.4) is 0 Å². The number of amides is 1. The van der Waals surface area contributed by atoms with Crippen molar-refractivity contribution in [3.63, 3.8) is 0 Å². The van der Waals surface area contributed by atoms with Gasteiger partial charge in [0.15, 0.2) is 0 Å². The van der Waals surface area contributed by atoms with Crippen LogP contribution in [-0.2, 0) is 6.54 Å². The second-order valence-corrected chi connectivity index (χ2v) is 5.15. The summed E-state index contributed by atoms with van der Waals surface area (Å²) in [5.74, 6) is 0.822. The molecule has 0 radical (unpaired) electrons. The first kappa shape index (κ1) is 12.8. The van der Waals surface area contributed by atoms with Crippen molar-refractivity contribution in [1.82, 2.24) is 19.9 Å². The summed E-state index contributed by atoms with van der Waals surface area (Å²) in [6.07, 6.45) is 0. The molecular weight excluding hydrogens is 272 g/mol. The van der Waals surface area contributed by atoms with E-state index in [9.17, 15) is 4.79 Å². The second kappa shape index (κ2) is 5.42. The first-order valence-corrected chi connectivity index (χ1v) is 7.28. The van der Waals surface area contributed by atoms with Gasteiger partial charge < -0.3 is 9.88 Å². The molecule has 0 saturated heterocycles. The van der Waals surface area contributed by atoms with Gasteiger partial charge in [-0.05, 0) is 19.1 Å². The molecule has 3 aromatic rings. The van der Waals surface area contributed by atoms with Crippen LogP contribution >= 0.6 is 11.3 Å². The van der Waals surface area contributed by atoms with Gasteiger partial charge in [0.2, 0.25) is 0 Å². The number of carbonyl (C=O) groups is 1. The highest BCUT2D eigenvalue weighted by molar-refractivity contribution is 7.07. The summed E-state index contributed by atoms with van der Waals surface area (Å²) in [5.41, 5.74) is 4.20. The Bertz CT molecular complexity index is 733. The van der Waals surface area contributed by atoms with Gasteiger partial charge in [0.25, 0.3) is 5.91 Å². The molecule has 0 saturated carbocycles. The number of nitrogens with one attached hydrogen (secondary N) is 1. The number of imidazole rings is 1. The molecule has 20 heavy (non-hydrogen) atoms. The summed E-state index contributed by atoms with van der Waals surface area (Å²) in [7, 11) is 0. The maximum absolute atomic E-state index is 11.8. The highest BCUT2D eigenvalue weighted by Gasteiger charge is 2.09. The number of nitrogens with zero attached hydrogens (tertiary/aromatic N) is 3. The van der Waals surface area contributed by atoms with Crippen molar-refractivity contribution in [2.45, 2.75) is 13.5 Å². The van der Waals surface area contributed by atoms with E-state index < -0.39 is 0 Å². The summed E-state index contributed by atoms with van der Waals surface area (Å²) in [6.45, 7) is 3.22. The number of hydrogen-bond donors (Lipinski definition) is 1. The molecule has 102 valence electrons. The van der Waals surface area contributed by atoms with Gasteiger partial charge in [0.1, 0.15) is 11.5 Å². The predicted octanol–water partition coefficient (Wildman–Crippen LogP) is 2.23. The number of carbonyl (C=O) groups excluding carboxylic acids is 1. The van der Waals surface area contributed by atoms with E-state index in [1.54, 1.807) is 10.9 Å². The summed E-state index contributed by atoms with van der Waals surface area (Å²) in [5, 5.41) is 4.62. The molecule has 2 heterocycles. The van der Waals surface area contributed by atoms with Crippen LogP contribution in [0.4, 0.5) is 0 Å². The van der Waals surface area contributed by atoms with Gasteiger partial charge in [0.05, 0.1) is 16.5 Å². The Hall–Kier alpha value is -2.21. The van der Waals surface area contributed by atoms with Crippen molar-refractivity contribution in [3.8, 4) is 0 Å². The van der Waals surface area contributed by atoms with E-state index in [2.05, 4.69) is 19.9 Å². The van der Waals surface area contributed by atoms with E-state index in [1.165, 1.54) is 11.3 Å². The van der Waals surface area contributed by atoms with Crippen molar-refractivity contribution in [2.75, 3.05) is 6.54 Å². The smallest absolute Gasteiger partial charge is 0.270 e. The number of aromatic nitrogens is 3. The Labute approximate surface area is 120 Å². The summed E-state index contributed by atoms with van der Waals surface area (Å²) < 4.78 is 2.11. The predicted molar refractivity (Wildman–Crippen MR) is 78.9 cm³/mol. The molecule has 6 heteroatoms. The number of rotatable bonds is 4. The zero-order chi connectivity index (χ0) is 13.9. The lowest BCUT2D eigenvalue weighted by Gasteiger charge is -2.07. The average molecular weight is 286 g/mol. The third kappa shape index (κ3) is 2.42.